The number of hydrogen-bond donors (Lipinski definition) is 0. The average molecular weight is 912 g/mol. The molecule has 1 heteroatoms. The van der Waals surface area contributed by atoms with Crippen molar-refractivity contribution in [2.75, 3.05) is 4.90 Å². The van der Waals surface area contributed by atoms with Crippen molar-refractivity contribution in [3.63, 3.8) is 0 Å². The van der Waals surface area contributed by atoms with Crippen molar-refractivity contribution in [1.29, 1.82) is 0 Å². The van der Waals surface area contributed by atoms with E-state index in [2.05, 4.69) is 278 Å². The number of nitrogens with zero attached hydrogens (tertiary/aromatic N) is 1. The van der Waals surface area contributed by atoms with Crippen molar-refractivity contribution >= 4 is 81.7 Å². The number of rotatable bonds is 7. The number of anilines is 3. The molecule has 0 aliphatic heterocycles. The van der Waals surface area contributed by atoms with Crippen LogP contribution in [0.1, 0.15) is 22.3 Å². The predicted molar refractivity (Wildman–Crippen MR) is 306 cm³/mol. The Hall–Kier alpha value is -9.30. The molecule has 0 unspecified atom stereocenters. The van der Waals surface area contributed by atoms with E-state index in [0.29, 0.717) is 0 Å². The molecule has 0 saturated heterocycles. The van der Waals surface area contributed by atoms with Crippen LogP contribution < -0.4 is 4.90 Å². The fourth-order valence-corrected chi connectivity index (χ4v) is 12.8. The first kappa shape index (κ1) is 40.6. The van der Waals surface area contributed by atoms with Crippen LogP contribution in [0.4, 0.5) is 17.1 Å². The zero-order valence-corrected chi connectivity index (χ0v) is 39.4. The molecule has 14 aromatic carbocycles. The Labute approximate surface area is 418 Å². The molecule has 0 heterocycles. The first-order valence-electron chi connectivity index (χ1n) is 25.1. The Bertz CT molecular complexity index is 4360. The van der Waals surface area contributed by atoms with Gasteiger partial charge in [0.2, 0.25) is 0 Å². The van der Waals surface area contributed by atoms with E-state index in [1.165, 1.54) is 120 Å². The molecular formula is C71H45N. The Balaban J connectivity index is 1.02. The molecule has 1 nitrogen and oxygen atoms in total. The maximum absolute atomic E-state index is 2.53. The lowest BCUT2D eigenvalue weighted by atomic mass is 9.67. The summed E-state index contributed by atoms with van der Waals surface area (Å²) in [6.07, 6.45) is 0. The fourth-order valence-electron chi connectivity index (χ4n) is 12.8. The Kier molecular flexibility index (Phi) is 8.94. The minimum atomic E-state index is -0.552. The molecule has 0 N–H and O–H groups in total. The number of fused-ring (bicyclic) bond motifs is 5. The number of benzene rings is 13. The van der Waals surface area contributed by atoms with Gasteiger partial charge in [-0.05, 0) is 140 Å². The van der Waals surface area contributed by atoms with Crippen LogP contribution in [0.2, 0.25) is 0 Å². The van der Waals surface area contributed by atoms with E-state index in [9.17, 15) is 0 Å². The first-order valence-corrected chi connectivity index (χ1v) is 25.1. The lowest BCUT2D eigenvalue weighted by Crippen LogP contribution is -2.28. The van der Waals surface area contributed by atoms with Crippen LogP contribution in [0.3, 0.4) is 0 Å². The van der Waals surface area contributed by atoms with Crippen LogP contribution in [0.25, 0.3) is 98.0 Å². The molecule has 0 aromatic heterocycles. The van der Waals surface area contributed by atoms with Gasteiger partial charge in [0, 0.05) is 22.1 Å². The third-order valence-corrected chi connectivity index (χ3v) is 15.8. The summed E-state index contributed by atoms with van der Waals surface area (Å²) in [7, 11) is 0. The third-order valence-electron chi connectivity index (χ3n) is 15.8. The number of hydrogen-bond acceptors (Lipinski definition) is 1. The van der Waals surface area contributed by atoms with Gasteiger partial charge < -0.3 is 4.90 Å². The highest BCUT2D eigenvalue weighted by Crippen LogP contribution is 2.58. The standard InChI is InChI=1S/C71H45N/c1-4-16-46(17-5-1)47-32-34-48(35-33-47)49-38-40-55(41-39-49)72(56-42-43-58-57-25-10-11-31-64(57)71(65(58)45-56,53-21-6-2-7-22-53)54-23-8-3-9-24-54)66-44-52-20-14-28-60-59-26-12-18-50-36-37-51-19-13-27-61(68(51)67(50)59)62-29-15-30-63(66)70(62)69(52)60/h1-45H. The molecule has 1 aliphatic rings. The zero-order chi connectivity index (χ0) is 47.3. The molecular weight excluding hydrogens is 867 g/mol. The highest BCUT2D eigenvalue weighted by Gasteiger charge is 2.46. The summed E-state index contributed by atoms with van der Waals surface area (Å²) in [5.41, 5.74) is 15.2. The van der Waals surface area contributed by atoms with Crippen LogP contribution in [-0.4, -0.2) is 0 Å². The SMILES string of the molecule is c1ccc(-c2ccc(-c3ccc(N(c4ccc5c(c4)C(c4ccccc4)(c4ccccc4)c4ccccc4-5)c4cc5cccc6c7cccc8ccc9cccc(c%10cccc4c%10c56)c9c87)cc3)cc2)cc1. The minimum absolute atomic E-state index is 0.552. The molecule has 0 bridgehead atoms. The Morgan fingerprint density at radius 1 is 0.250 bits per heavy atom. The quantitative estimate of drug-likeness (QED) is 0.144. The third kappa shape index (κ3) is 5.89. The molecule has 0 amide bonds. The largest absolute Gasteiger partial charge is 0.310 e. The molecule has 0 spiro atoms. The summed E-state index contributed by atoms with van der Waals surface area (Å²) in [5.74, 6) is 0. The smallest absolute Gasteiger partial charge is 0.0714 e. The maximum atomic E-state index is 2.53. The molecule has 0 atom stereocenters. The second kappa shape index (κ2) is 15.9. The zero-order valence-electron chi connectivity index (χ0n) is 39.4. The molecule has 15 rings (SSSR count). The minimum Gasteiger partial charge on any atom is -0.310 e. The Morgan fingerprint density at radius 3 is 1.28 bits per heavy atom. The van der Waals surface area contributed by atoms with Crippen molar-refractivity contribution in [2.45, 2.75) is 5.41 Å². The lowest BCUT2D eigenvalue weighted by molar-refractivity contribution is 0.768. The average Bonchev–Trinajstić information content (AvgIpc) is 3.75. The van der Waals surface area contributed by atoms with Gasteiger partial charge in [-0.3, -0.25) is 0 Å². The molecule has 0 radical (unpaired) electrons. The molecule has 14 aromatic rings. The molecule has 0 fully saturated rings. The van der Waals surface area contributed by atoms with E-state index in [1.807, 2.05) is 0 Å². The van der Waals surface area contributed by atoms with Crippen LogP contribution in [0.15, 0.2) is 273 Å². The summed E-state index contributed by atoms with van der Waals surface area (Å²) in [6.45, 7) is 0. The van der Waals surface area contributed by atoms with E-state index in [0.717, 1.165) is 17.1 Å². The van der Waals surface area contributed by atoms with Crippen molar-refractivity contribution in [1.82, 2.24) is 0 Å². The van der Waals surface area contributed by atoms with Gasteiger partial charge in [0.05, 0.1) is 11.1 Å². The second-order valence-electron chi connectivity index (χ2n) is 19.5. The van der Waals surface area contributed by atoms with Crippen LogP contribution in [0.5, 0.6) is 0 Å². The van der Waals surface area contributed by atoms with Crippen molar-refractivity contribution in [3.05, 3.63) is 295 Å². The van der Waals surface area contributed by atoms with Gasteiger partial charge in [-0.1, -0.05) is 243 Å². The summed E-state index contributed by atoms with van der Waals surface area (Å²) >= 11 is 0. The highest BCUT2D eigenvalue weighted by molar-refractivity contribution is 6.38. The van der Waals surface area contributed by atoms with Crippen LogP contribution in [0, 0.1) is 0 Å². The summed E-state index contributed by atoms with van der Waals surface area (Å²) < 4.78 is 0. The summed E-state index contributed by atoms with van der Waals surface area (Å²) in [4.78, 5) is 2.53. The molecule has 1 aliphatic carbocycles. The van der Waals surface area contributed by atoms with Gasteiger partial charge in [0.1, 0.15) is 0 Å². The van der Waals surface area contributed by atoms with E-state index < -0.39 is 5.41 Å². The van der Waals surface area contributed by atoms with Crippen LogP contribution >= 0.6 is 0 Å². The maximum Gasteiger partial charge on any atom is 0.0714 e. The van der Waals surface area contributed by atoms with E-state index in [-0.39, 0.29) is 0 Å². The summed E-state index contributed by atoms with van der Waals surface area (Å²) in [6, 6.07) is 102. The molecule has 0 saturated carbocycles. The fraction of sp³-hybridized carbons (Fsp3) is 0.0141. The molecule has 334 valence electrons. The van der Waals surface area contributed by atoms with E-state index >= 15 is 0 Å². The van der Waals surface area contributed by atoms with Crippen molar-refractivity contribution < 1.29 is 0 Å². The van der Waals surface area contributed by atoms with Gasteiger partial charge in [0.15, 0.2) is 0 Å². The second-order valence-corrected chi connectivity index (χ2v) is 19.5. The summed E-state index contributed by atoms with van der Waals surface area (Å²) in [5, 5.41) is 15.2. The molecule has 72 heavy (non-hydrogen) atoms. The Morgan fingerprint density at radius 2 is 0.681 bits per heavy atom. The lowest BCUT2D eigenvalue weighted by Gasteiger charge is -2.35. The van der Waals surface area contributed by atoms with Gasteiger partial charge >= 0.3 is 0 Å². The van der Waals surface area contributed by atoms with Gasteiger partial charge in [-0.15, -0.1) is 0 Å². The normalized spacial score (nSPS) is 12.8. The highest BCUT2D eigenvalue weighted by atomic mass is 15.1. The monoisotopic (exact) mass is 911 g/mol. The first-order chi connectivity index (χ1) is 35.7. The van der Waals surface area contributed by atoms with Gasteiger partial charge in [-0.2, -0.15) is 0 Å². The van der Waals surface area contributed by atoms with Crippen molar-refractivity contribution in [3.8, 4) is 33.4 Å². The van der Waals surface area contributed by atoms with E-state index in [1.54, 1.807) is 0 Å². The van der Waals surface area contributed by atoms with E-state index in [4.69, 9.17) is 0 Å². The predicted octanol–water partition coefficient (Wildman–Crippen LogP) is 19.2. The van der Waals surface area contributed by atoms with Crippen LogP contribution in [-0.2, 0) is 5.41 Å². The topological polar surface area (TPSA) is 3.24 Å². The van der Waals surface area contributed by atoms with Crippen molar-refractivity contribution in [2.24, 2.45) is 0 Å². The van der Waals surface area contributed by atoms with Gasteiger partial charge in [-0.25, -0.2) is 0 Å². The van der Waals surface area contributed by atoms with Gasteiger partial charge in [0.25, 0.3) is 0 Å².